The summed E-state index contributed by atoms with van der Waals surface area (Å²) in [6.07, 6.45) is 2.18. The highest BCUT2D eigenvalue weighted by Gasteiger charge is 2.36. The molecule has 0 aromatic heterocycles. The number of carbonyl (C=O) groups excluding carboxylic acids is 7. The van der Waals surface area contributed by atoms with Crippen LogP contribution in [-0.4, -0.2) is 144 Å². The quantitative estimate of drug-likeness (QED) is 0.0179. The topological polar surface area (TPSA) is 327 Å². The molecule has 0 saturated heterocycles. The van der Waals surface area contributed by atoms with Gasteiger partial charge in [0, 0.05) is 99.8 Å². The average molecular weight is 1290 g/mol. The van der Waals surface area contributed by atoms with E-state index in [4.69, 9.17) is 14.2 Å². The summed E-state index contributed by atoms with van der Waals surface area (Å²) in [5.41, 5.74) is 4.64. The lowest BCUT2D eigenvalue weighted by Gasteiger charge is -2.30. The Hall–Kier alpha value is -11.0. The van der Waals surface area contributed by atoms with E-state index in [2.05, 4.69) is 72.3 Å². The van der Waals surface area contributed by atoms with Crippen LogP contribution in [0.5, 0.6) is 11.5 Å². The predicted octanol–water partition coefficient (Wildman–Crippen LogP) is 11.6. The second-order valence-corrected chi connectivity index (χ2v) is 22.5. The van der Waals surface area contributed by atoms with E-state index in [1.807, 2.05) is 47.2 Å². The number of nitrogens with zero attached hydrogens (tertiary/aromatic N) is 10. The van der Waals surface area contributed by atoms with E-state index in [-0.39, 0.29) is 110 Å². The van der Waals surface area contributed by atoms with Crippen molar-refractivity contribution in [2.75, 3.05) is 85.8 Å². The van der Waals surface area contributed by atoms with Crippen LogP contribution in [0.15, 0.2) is 137 Å². The van der Waals surface area contributed by atoms with Crippen LogP contribution in [0.1, 0.15) is 120 Å². The molecule has 2 N–H and O–H groups in total. The molecule has 0 saturated carbocycles. The summed E-state index contributed by atoms with van der Waals surface area (Å²) < 4.78 is 28.9. The number of hydrogen-bond donors (Lipinski definition) is 2. The first-order chi connectivity index (χ1) is 44.8. The number of halogens is 1. The van der Waals surface area contributed by atoms with E-state index in [1.54, 1.807) is 55.1 Å². The SMILES string of the molecule is CC1=NN(c2cccc(C)c2)C(C)(C)C1.CCOC(=O)CCN1CCC(=O)c2cc(N=Nc3cc(F)c([N+](=O)[O-])cc3[N+](=O)[O-])c(O)cc21.CCOC(=O)CCN1CCC(=O)c2ccc(O)cc21.CN(CCC(=O)OCCN1C(=O)c2ccccc2C1=O)c1ccccc1. The highest BCUT2D eigenvalue weighted by molar-refractivity contribution is 6.21. The smallest absolute Gasteiger partial charge is 0.311 e. The van der Waals surface area contributed by atoms with E-state index in [1.165, 1.54) is 35.2 Å². The Morgan fingerprint density at radius 3 is 1.78 bits per heavy atom. The number of esters is 3. The van der Waals surface area contributed by atoms with Gasteiger partial charge in [0.25, 0.3) is 11.8 Å². The number of amides is 2. The highest BCUT2D eigenvalue weighted by Crippen LogP contribution is 2.41. The van der Waals surface area contributed by atoms with E-state index < -0.39 is 44.4 Å². The number of fused-ring (bicyclic) bond motifs is 3. The third-order valence-electron chi connectivity index (χ3n) is 15.1. The summed E-state index contributed by atoms with van der Waals surface area (Å²) in [6.45, 7) is 14.9. The second-order valence-electron chi connectivity index (χ2n) is 22.5. The maximum Gasteiger partial charge on any atom is 0.311 e. The van der Waals surface area contributed by atoms with Gasteiger partial charge in [-0.3, -0.25) is 63.7 Å². The number of benzene rings is 6. The minimum absolute atomic E-state index is 0.000642. The van der Waals surface area contributed by atoms with Crippen LogP contribution in [-0.2, 0) is 28.6 Å². The Bertz CT molecular complexity index is 3860. The highest BCUT2D eigenvalue weighted by atomic mass is 19.1. The lowest BCUT2D eigenvalue weighted by molar-refractivity contribution is -0.395. The number of Topliss-reactive ketones (excluding diaryl/α,β-unsaturated/α-hetero) is 2. The monoisotopic (exact) mass is 1290 g/mol. The molecular formula is C67H73FN10O16. The Kier molecular flexibility index (Phi) is 24.2. The van der Waals surface area contributed by atoms with Crippen molar-refractivity contribution in [2.45, 2.75) is 85.6 Å². The van der Waals surface area contributed by atoms with E-state index in [0.29, 0.717) is 79.4 Å². The molecule has 2 amide bonds. The second kappa shape index (κ2) is 32.3. The summed E-state index contributed by atoms with van der Waals surface area (Å²) in [4.78, 5) is 110. The minimum Gasteiger partial charge on any atom is -0.508 e. The number of azo groups is 1. The van der Waals surface area contributed by atoms with Crippen molar-refractivity contribution in [3.63, 3.8) is 0 Å². The third-order valence-corrected chi connectivity index (χ3v) is 15.1. The fourth-order valence-electron chi connectivity index (χ4n) is 10.6. The lowest BCUT2D eigenvalue weighted by Crippen LogP contribution is -2.36. The van der Waals surface area contributed by atoms with Crippen molar-refractivity contribution >= 4 is 92.5 Å². The van der Waals surface area contributed by atoms with Gasteiger partial charge < -0.3 is 39.1 Å². The number of nitro benzene ring substituents is 2. The summed E-state index contributed by atoms with van der Waals surface area (Å²) in [6, 6.07) is 33.0. The number of para-hydroxylation sites is 1. The van der Waals surface area contributed by atoms with Crippen LogP contribution in [0.25, 0.3) is 0 Å². The molecule has 0 atom stereocenters. The van der Waals surface area contributed by atoms with Gasteiger partial charge in [-0.1, -0.05) is 42.5 Å². The normalized spacial score (nSPS) is 14.2. The molecular weight excluding hydrogens is 1220 g/mol. The number of ketones is 2. The van der Waals surface area contributed by atoms with Crippen molar-refractivity contribution in [3.8, 4) is 11.5 Å². The Balaban J connectivity index is 0.000000185. The van der Waals surface area contributed by atoms with Gasteiger partial charge in [0.15, 0.2) is 17.3 Å². The number of aromatic hydroxyl groups is 2. The fraction of sp³-hybridized carbons (Fsp3) is 0.343. The molecule has 6 aromatic rings. The molecule has 4 heterocycles. The molecule has 4 aliphatic rings. The first-order valence-electron chi connectivity index (χ1n) is 30.2. The number of aryl methyl sites for hydroxylation is 1. The summed E-state index contributed by atoms with van der Waals surface area (Å²) in [5, 5.41) is 56.0. The number of rotatable bonds is 20. The number of nitro groups is 2. The van der Waals surface area contributed by atoms with Crippen molar-refractivity contribution < 1.29 is 72.2 Å². The number of ether oxygens (including phenoxy) is 3. The zero-order chi connectivity index (χ0) is 68.4. The minimum atomic E-state index is -1.35. The maximum atomic E-state index is 13.9. The number of phenols is 2. The van der Waals surface area contributed by atoms with Gasteiger partial charge in [0.05, 0.1) is 88.7 Å². The van der Waals surface area contributed by atoms with Crippen LogP contribution < -0.4 is 19.7 Å². The van der Waals surface area contributed by atoms with Crippen molar-refractivity contribution in [2.24, 2.45) is 15.3 Å². The van der Waals surface area contributed by atoms with E-state index >= 15 is 0 Å². The van der Waals surface area contributed by atoms with Crippen LogP contribution in [0, 0.1) is 33.0 Å². The van der Waals surface area contributed by atoms with E-state index in [0.717, 1.165) is 17.0 Å². The Morgan fingerprint density at radius 1 is 0.649 bits per heavy atom. The standard InChI is InChI=1S/C20H18FN5O8.C20H20N2O4.C14H17NO4.C13H18N2/c1-2-34-20(29)4-6-24-5-3-18(27)11-7-14(19(28)10-15(11)24)23-22-13-8-12(21)16(25(30)31)9-17(13)26(32)33;1-21(15-7-3-2-4-8-15)12-11-18(23)26-14-13-22-19(24)16-9-5-6-10-17(16)20(22)25;1-2-19-14(18)6-8-15-7-5-13(17)11-4-3-10(16)9-12(11)15;1-10-6-5-7-12(8-10)15-13(3,4)9-11(2)14-15/h7-10,28H,2-6H2,1H3;2-10H,11-14H2,1H3;3-4,9,16H,2,5-8H2,1H3;5-8H,9H2,1-4H3. The number of hydrogen-bond acceptors (Lipinski definition) is 23. The first-order valence-corrected chi connectivity index (χ1v) is 30.2. The maximum absolute atomic E-state index is 13.9. The molecule has 27 heteroatoms. The summed E-state index contributed by atoms with van der Waals surface area (Å²) in [5.74, 6) is -3.55. The van der Waals surface area contributed by atoms with Crippen molar-refractivity contribution in [3.05, 3.63) is 175 Å². The molecule has 0 aliphatic carbocycles. The van der Waals surface area contributed by atoms with E-state index in [9.17, 15) is 68.4 Å². The number of carbonyl (C=O) groups is 7. The van der Waals surface area contributed by atoms with Gasteiger partial charge in [0.1, 0.15) is 23.8 Å². The Labute approximate surface area is 541 Å². The van der Waals surface area contributed by atoms with Crippen molar-refractivity contribution in [1.82, 2.24) is 4.90 Å². The average Bonchev–Trinajstić information content (AvgIpc) is 1.27. The summed E-state index contributed by atoms with van der Waals surface area (Å²) >= 11 is 0. The molecule has 0 bridgehead atoms. The zero-order valence-corrected chi connectivity index (χ0v) is 53.1. The molecule has 0 fully saturated rings. The largest absolute Gasteiger partial charge is 0.508 e. The Morgan fingerprint density at radius 2 is 1.21 bits per heavy atom. The van der Waals surface area contributed by atoms with Crippen LogP contribution in [0.3, 0.4) is 0 Å². The molecule has 26 nitrogen and oxygen atoms in total. The fourth-order valence-corrected chi connectivity index (χ4v) is 10.6. The number of imide groups is 1. The molecule has 494 valence electrons. The number of phenolic OH excluding ortho intramolecular Hbond substituents is 2. The van der Waals surface area contributed by atoms with Crippen LogP contribution in [0.2, 0.25) is 0 Å². The van der Waals surface area contributed by atoms with Crippen LogP contribution in [0.4, 0.5) is 49.9 Å². The molecule has 10 rings (SSSR count). The van der Waals surface area contributed by atoms with Gasteiger partial charge in [-0.25, -0.2) is 0 Å². The van der Waals surface area contributed by atoms with Gasteiger partial charge in [-0.2, -0.15) is 9.49 Å². The van der Waals surface area contributed by atoms with Gasteiger partial charge in [-0.05, 0) is 102 Å². The summed E-state index contributed by atoms with van der Waals surface area (Å²) in [7, 11) is 1.90. The van der Waals surface area contributed by atoms with Crippen LogP contribution >= 0.6 is 0 Å². The third kappa shape index (κ3) is 18.4. The molecule has 94 heavy (non-hydrogen) atoms. The lowest BCUT2D eigenvalue weighted by atomic mass is 9.98. The predicted molar refractivity (Wildman–Crippen MR) is 347 cm³/mol. The molecule has 6 aromatic carbocycles. The van der Waals surface area contributed by atoms with Gasteiger partial charge in [0.2, 0.25) is 5.82 Å². The van der Waals surface area contributed by atoms with Gasteiger partial charge >= 0.3 is 29.3 Å². The van der Waals surface area contributed by atoms with Crippen molar-refractivity contribution in [1.29, 1.82) is 0 Å². The number of anilines is 4. The van der Waals surface area contributed by atoms with Gasteiger partial charge in [-0.15, -0.1) is 10.2 Å². The number of hydrazone groups is 1. The zero-order valence-electron chi connectivity index (χ0n) is 53.1. The molecule has 0 spiro atoms. The molecule has 0 radical (unpaired) electrons. The molecule has 4 aliphatic heterocycles. The molecule has 0 unspecified atom stereocenters. The first kappa shape index (κ1) is 70.5.